The van der Waals surface area contributed by atoms with Crippen molar-refractivity contribution in [1.82, 2.24) is 5.32 Å². The normalized spacial score (nSPS) is 12.1. The number of amides is 1. The summed E-state index contributed by atoms with van der Waals surface area (Å²) >= 11 is 2.16. The molecule has 5 nitrogen and oxygen atoms in total. The van der Waals surface area contributed by atoms with E-state index in [1.165, 1.54) is 12.1 Å². The van der Waals surface area contributed by atoms with Crippen LogP contribution in [-0.4, -0.2) is 20.9 Å². The van der Waals surface area contributed by atoms with E-state index in [4.69, 9.17) is 0 Å². The monoisotopic (exact) mass is 596 g/mol. The molecule has 0 unspecified atom stereocenters. The fraction of sp³-hybridized carbons (Fsp3) is 0.107. The first-order chi connectivity index (χ1) is 16.8. The number of hydrogen-bond donors (Lipinski definition) is 1. The van der Waals surface area contributed by atoms with Gasteiger partial charge in [0.15, 0.2) is 0 Å². The maximum atomic E-state index is 13.6. The summed E-state index contributed by atoms with van der Waals surface area (Å²) in [7, 11) is -3.96. The van der Waals surface area contributed by atoms with Crippen molar-refractivity contribution in [2.75, 3.05) is 10.8 Å². The Kier molecular flexibility index (Phi) is 7.87. The molecule has 0 radical (unpaired) electrons. The average Bonchev–Trinajstić information content (AvgIpc) is 2.88. The van der Waals surface area contributed by atoms with Gasteiger partial charge in [-0.3, -0.25) is 9.10 Å². The first-order valence-corrected chi connectivity index (χ1v) is 13.6. The summed E-state index contributed by atoms with van der Waals surface area (Å²) in [6.07, 6.45) is 0. The van der Waals surface area contributed by atoms with Crippen LogP contribution in [-0.2, 0) is 14.8 Å². The summed E-state index contributed by atoms with van der Waals surface area (Å²) in [4.78, 5) is 13.5. The molecular weight excluding hydrogens is 571 g/mol. The number of anilines is 1. The zero-order valence-electron chi connectivity index (χ0n) is 19.1. The highest BCUT2D eigenvalue weighted by Crippen LogP contribution is 2.26. The van der Waals surface area contributed by atoms with Crippen LogP contribution in [0.5, 0.6) is 0 Å². The van der Waals surface area contributed by atoms with Gasteiger partial charge in [0.2, 0.25) is 5.91 Å². The molecule has 0 fully saturated rings. The second-order valence-electron chi connectivity index (χ2n) is 8.12. The van der Waals surface area contributed by atoms with Gasteiger partial charge in [0.1, 0.15) is 6.54 Å². The van der Waals surface area contributed by atoms with Gasteiger partial charge in [0, 0.05) is 3.57 Å². The predicted octanol–water partition coefficient (Wildman–Crippen LogP) is 5.70. The molecule has 0 heterocycles. The molecule has 0 aliphatic rings. The molecule has 0 aromatic heterocycles. The van der Waals surface area contributed by atoms with Gasteiger partial charge >= 0.3 is 0 Å². The Bertz CT molecular complexity index is 1380. The van der Waals surface area contributed by atoms with Crippen LogP contribution in [0.25, 0.3) is 0 Å². The van der Waals surface area contributed by atoms with Crippen molar-refractivity contribution in [2.24, 2.45) is 0 Å². The molecule has 4 rings (SSSR count). The fourth-order valence-electron chi connectivity index (χ4n) is 3.74. The lowest BCUT2D eigenvalue weighted by Crippen LogP contribution is -2.42. The highest BCUT2D eigenvalue weighted by molar-refractivity contribution is 14.1. The Morgan fingerprint density at radius 1 is 0.800 bits per heavy atom. The second kappa shape index (κ2) is 11.0. The zero-order chi connectivity index (χ0) is 24.8. The quantitative estimate of drug-likeness (QED) is 0.266. The van der Waals surface area contributed by atoms with E-state index in [0.29, 0.717) is 5.69 Å². The molecule has 1 atom stereocenters. The van der Waals surface area contributed by atoms with Crippen molar-refractivity contribution in [3.05, 3.63) is 129 Å². The molecule has 0 bridgehead atoms. The van der Waals surface area contributed by atoms with Crippen LogP contribution in [0.3, 0.4) is 0 Å². The summed E-state index contributed by atoms with van der Waals surface area (Å²) in [6.45, 7) is 1.65. The van der Waals surface area contributed by atoms with Crippen LogP contribution in [0.15, 0.2) is 114 Å². The number of halogens is 1. The van der Waals surface area contributed by atoms with E-state index >= 15 is 0 Å². The standard InChI is InChI=1S/C28H25IN2O3S/c1-21-12-14-23(15-13-21)28(22-8-4-2-5-9-22)30-27(32)20-31(25-18-16-24(29)17-19-25)35(33,34)26-10-6-3-7-11-26/h2-19,28H,20H2,1H3,(H,30,32)/t28-/m1/s1. The summed E-state index contributed by atoms with van der Waals surface area (Å²) in [6, 6.07) is 32.4. The maximum Gasteiger partial charge on any atom is 0.264 e. The van der Waals surface area contributed by atoms with E-state index in [9.17, 15) is 13.2 Å². The van der Waals surface area contributed by atoms with Crippen molar-refractivity contribution < 1.29 is 13.2 Å². The van der Waals surface area contributed by atoms with Crippen LogP contribution in [0.4, 0.5) is 5.69 Å². The molecule has 4 aromatic rings. The van der Waals surface area contributed by atoms with Gasteiger partial charge in [-0.1, -0.05) is 78.4 Å². The van der Waals surface area contributed by atoms with E-state index < -0.39 is 22.0 Å². The molecule has 0 aliphatic heterocycles. The van der Waals surface area contributed by atoms with Crippen molar-refractivity contribution in [1.29, 1.82) is 0 Å². The smallest absolute Gasteiger partial charge is 0.264 e. The molecule has 1 N–H and O–H groups in total. The van der Waals surface area contributed by atoms with Gasteiger partial charge in [-0.25, -0.2) is 8.42 Å². The highest BCUT2D eigenvalue weighted by Gasteiger charge is 2.28. The van der Waals surface area contributed by atoms with E-state index in [-0.39, 0.29) is 11.4 Å². The number of carbonyl (C=O) groups excluding carboxylic acids is 1. The predicted molar refractivity (Wildman–Crippen MR) is 148 cm³/mol. The lowest BCUT2D eigenvalue weighted by molar-refractivity contribution is -0.120. The minimum absolute atomic E-state index is 0.129. The summed E-state index contributed by atoms with van der Waals surface area (Å²) < 4.78 is 29.2. The summed E-state index contributed by atoms with van der Waals surface area (Å²) in [5.74, 6) is -0.405. The number of nitrogens with zero attached hydrogens (tertiary/aromatic N) is 1. The van der Waals surface area contributed by atoms with Crippen molar-refractivity contribution in [2.45, 2.75) is 17.9 Å². The summed E-state index contributed by atoms with van der Waals surface area (Å²) in [5.41, 5.74) is 3.38. The third-order valence-electron chi connectivity index (χ3n) is 5.58. The van der Waals surface area contributed by atoms with Gasteiger partial charge in [-0.15, -0.1) is 0 Å². The lowest BCUT2D eigenvalue weighted by atomic mass is 9.98. The number of carbonyl (C=O) groups is 1. The minimum Gasteiger partial charge on any atom is -0.344 e. The molecule has 7 heteroatoms. The molecule has 0 spiro atoms. The van der Waals surface area contributed by atoms with E-state index in [1.807, 2.05) is 73.7 Å². The first-order valence-electron chi connectivity index (χ1n) is 11.1. The number of hydrogen-bond acceptors (Lipinski definition) is 3. The van der Waals surface area contributed by atoms with Gasteiger partial charge in [-0.2, -0.15) is 0 Å². The number of rotatable bonds is 8. The largest absolute Gasteiger partial charge is 0.344 e. The molecule has 0 saturated heterocycles. The number of sulfonamides is 1. The van der Waals surface area contributed by atoms with Crippen LogP contribution in [0.2, 0.25) is 0 Å². The Labute approximate surface area is 220 Å². The van der Waals surface area contributed by atoms with Crippen molar-refractivity contribution >= 4 is 44.2 Å². The van der Waals surface area contributed by atoms with E-state index in [1.54, 1.807) is 30.3 Å². The molecular formula is C28H25IN2O3S. The van der Waals surface area contributed by atoms with E-state index in [0.717, 1.165) is 24.6 Å². The minimum atomic E-state index is -3.96. The maximum absolute atomic E-state index is 13.6. The fourth-order valence-corrected chi connectivity index (χ4v) is 5.54. The molecule has 1 amide bonds. The number of nitrogens with one attached hydrogen (secondary N) is 1. The van der Waals surface area contributed by atoms with Gasteiger partial charge in [0.25, 0.3) is 10.0 Å². The molecule has 0 aliphatic carbocycles. The van der Waals surface area contributed by atoms with Crippen LogP contribution in [0, 0.1) is 10.5 Å². The molecule has 35 heavy (non-hydrogen) atoms. The van der Waals surface area contributed by atoms with Crippen molar-refractivity contribution in [3.63, 3.8) is 0 Å². The Morgan fingerprint density at radius 2 is 1.34 bits per heavy atom. The van der Waals surface area contributed by atoms with Crippen LogP contribution >= 0.6 is 22.6 Å². The zero-order valence-corrected chi connectivity index (χ0v) is 22.1. The summed E-state index contributed by atoms with van der Waals surface area (Å²) in [5, 5.41) is 3.06. The topological polar surface area (TPSA) is 66.5 Å². The van der Waals surface area contributed by atoms with E-state index in [2.05, 4.69) is 27.9 Å². The molecule has 4 aromatic carbocycles. The molecule has 178 valence electrons. The third-order valence-corrected chi connectivity index (χ3v) is 8.09. The first kappa shape index (κ1) is 24.9. The number of benzene rings is 4. The van der Waals surface area contributed by atoms with Gasteiger partial charge in [0.05, 0.1) is 16.6 Å². The lowest BCUT2D eigenvalue weighted by Gasteiger charge is -2.26. The van der Waals surface area contributed by atoms with Gasteiger partial charge < -0.3 is 5.32 Å². The SMILES string of the molecule is Cc1ccc([C@H](NC(=O)CN(c2ccc(I)cc2)S(=O)(=O)c2ccccc2)c2ccccc2)cc1. The van der Waals surface area contributed by atoms with Crippen LogP contribution in [0.1, 0.15) is 22.7 Å². The Morgan fingerprint density at radius 3 is 1.94 bits per heavy atom. The number of aryl methyl sites for hydroxylation is 1. The van der Waals surface area contributed by atoms with Gasteiger partial charge in [-0.05, 0) is 77.0 Å². The molecule has 0 saturated carbocycles. The second-order valence-corrected chi connectivity index (χ2v) is 11.2. The Balaban J connectivity index is 1.67. The van der Waals surface area contributed by atoms with Crippen molar-refractivity contribution in [3.8, 4) is 0 Å². The average molecular weight is 596 g/mol. The Hall–Kier alpha value is -3.17. The highest BCUT2D eigenvalue weighted by atomic mass is 127. The third kappa shape index (κ3) is 6.10. The van der Waals surface area contributed by atoms with Crippen LogP contribution < -0.4 is 9.62 Å².